The van der Waals surface area contributed by atoms with E-state index in [-0.39, 0.29) is 0 Å². The average molecular weight is 327 g/mol. The zero-order valence-electron chi connectivity index (χ0n) is 14.7. The molecule has 1 saturated heterocycles. The molecule has 2 aromatic rings. The first-order chi connectivity index (χ1) is 11.7. The van der Waals surface area contributed by atoms with Gasteiger partial charge in [-0.3, -0.25) is 5.01 Å². The van der Waals surface area contributed by atoms with Crippen LogP contribution in [0, 0.1) is 13.8 Å². The van der Waals surface area contributed by atoms with E-state index in [1.165, 1.54) is 11.4 Å². The summed E-state index contributed by atoms with van der Waals surface area (Å²) in [5.74, 6) is 0.901. The van der Waals surface area contributed by atoms with E-state index in [2.05, 4.69) is 46.7 Å². The molecule has 0 unspecified atom stereocenters. The summed E-state index contributed by atoms with van der Waals surface area (Å²) in [6, 6.07) is 10.4. The standard InChI is InChI=1S/C19H25N3O2/c1-4-24-19-7-5-18(6-8-19)22-15(2)13-17(16(22)3)14-20-21-9-11-23-12-10-21/h5-8,13-14H,4,9-12H2,1-3H3. The number of hydrogen-bond donors (Lipinski definition) is 0. The molecular formula is C19H25N3O2. The molecule has 24 heavy (non-hydrogen) atoms. The number of hydrazone groups is 1. The van der Waals surface area contributed by atoms with Crippen molar-refractivity contribution in [3.8, 4) is 11.4 Å². The summed E-state index contributed by atoms with van der Waals surface area (Å²) < 4.78 is 13.1. The molecular weight excluding hydrogens is 302 g/mol. The first-order valence-corrected chi connectivity index (χ1v) is 8.48. The van der Waals surface area contributed by atoms with Crippen molar-refractivity contribution in [1.82, 2.24) is 9.58 Å². The van der Waals surface area contributed by atoms with Crippen LogP contribution in [0.1, 0.15) is 23.9 Å². The minimum Gasteiger partial charge on any atom is -0.494 e. The molecule has 0 bridgehead atoms. The average Bonchev–Trinajstić information content (AvgIpc) is 2.89. The van der Waals surface area contributed by atoms with Crippen molar-refractivity contribution in [2.75, 3.05) is 32.9 Å². The third kappa shape index (κ3) is 3.62. The molecule has 0 N–H and O–H groups in total. The number of rotatable bonds is 5. The molecule has 128 valence electrons. The van der Waals surface area contributed by atoms with Gasteiger partial charge in [-0.2, -0.15) is 5.10 Å². The number of morpholine rings is 1. The van der Waals surface area contributed by atoms with Crippen LogP contribution in [0.2, 0.25) is 0 Å². The van der Waals surface area contributed by atoms with E-state index in [1.54, 1.807) is 0 Å². The Bertz CT molecular complexity index is 698. The first-order valence-electron chi connectivity index (χ1n) is 8.48. The molecule has 1 aliphatic heterocycles. The smallest absolute Gasteiger partial charge is 0.119 e. The minimum absolute atomic E-state index is 0.684. The molecule has 3 rings (SSSR count). The second-order valence-electron chi connectivity index (χ2n) is 5.90. The summed E-state index contributed by atoms with van der Waals surface area (Å²) in [6.45, 7) is 10.1. The molecule has 0 radical (unpaired) electrons. The van der Waals surface area contributed by atoms with Crippen LogP contribution >= 0.6 is 0 Å². The number of benzene rings is 1. The summed E-state index contributed by atoms with van der Waals surface area (Å²) in [5, 5.41) is 6.66. The topological polar surface area (TPSA) is 39.0 Å². The zero-order valence-corrected chi connectivity index (χ0v) is 14.7. The molecule has 1 aliphatic rings. The van der Waals surface area contributed by atoms with E-state index >= 15 is 0 Å². The summed E-state index contributed by atoms with van der Waals surface area (Å²) in [4.78, 5) is 0. The van der Waals surface area contributed by atoms with Crippen molar-refractivity contribution in [2.45, 2.75) is 20.8 Å². The van der Waals surface area contributed by atoms with Crippen molar-refractivity contribution in [2.24, 2.45) is 5.10 Å². The van der Waals surface area contributed by atoms with Gasteiger partial charge in [0.15, 0.2) is 0 Å². The summed E-state index contributed by atoms with van der Waals surface area (Å²) in [6.07, 6.45) is 1.96. The van der Waals surface area contributed by atoms with Gasteiger partial charge in [0.2, 0.25) is 0 Å². The van der Waals surface area contributed by atoms with E-state index in [0.717, 1.165) is 43.3 Å². The van der Waals surface area contributed by atoms with E-state index in [1.807, 2.05) is 25.3 Å². The fourth-order valence-corrected chi connectivity index (χ4v) is 2.99. The lowest BCUT2D eigenvalue weighted by Gasteiger charge is -2.23. The van der Waals surface area contributed by atoms with E-state index in [9.17, 15) is 0 Å². The highest BCUT2D eigenvalue weighted by molar-refractivity contribution is 5.82. The fourth-order valence-electron chi connectivity index (χ4n) is 2.99. The van der Waals surface area contributed by atoms with Gasteiger partial charge in [0.05, 0.1) is 39.1 Å². The van der Waals surface area contributed by atoms with Crippen LogP contribution in [0.5, 0.6) is 5.75 Å². The van der Waals surface area contributed by atoms with Crippen LogP contribution < -0.4 is 4.74 Å². The lowest BCUT2D eigenvalue weighted by Crippen LogP contribution is -2.32. The number of hydrogen-bond acceptors (Lipinski definition) is 4. The van der Waals surface area contributed by atoms with E-state index < -0.39 is 0 Å². The lowest BCUT2D eigenvalue weighted by molar-refractivity contribution is 0.0397. The van der Waals surface area contributed by atoms with Gasteiger partial charge in [-0.05, 0) is 51.1 Å². The Labute approximate surface area is 143 Å². The van der Waals surface area contributed by atoms with Crippen molar-refractivity contribution in [3.05, 3.63) is 47.3 Å². The molecule has 0 atom stereocenters. The molecule has 1 aromatic heterocycles. The quantitative estimate of drug-likeness (QED) is 0.792. The number of ether oxygens (including phenoxy) is 2. The van der Waals surface area contributed by atoms with Crippen LogP contribution in [0.15, 0.2) is 35.4 Å². The maximum atomic E-state index is 5.52. The molecule has 0 saturated carbocycles. The Morgan fingerprint density at radius 3 is 2.54 bits per heavy atom. The largest absolute Gasteiger partial charge is 0.494 e. The zero-order chi connectivity index (χ0) is 16.9. The SMILES string of the molecule is CCOc1ccc(-n2c(C)cc(C=NN3CCOCC3)c2C)cc1. The Balaban J connectivity index is 1.81. The number of aryl methyl sites for hydroxylation is 1. The van der Waals surface area contributed by atoms with Crippen molar-refractivity contribution < 1.29 is 9.47 Å². The normalized spacial score (nSPS) is 15.2. The maximum Gasteiger partial charge on any atom is 0.119 e. The highest BCUT2D eigenvalue weighted by atomic mass is 16.5. The first kappa shape index (κ1) is 16.6. The molecule has 2 heterocycles. The molecule has 5 heteroatoms. The van der Waals surface area contributed by atoms with Gasteiger partial charge in [-0.15, -0.1) is 0 Å². The van der Waals surface area contributed by atoms with E-state index in [4.69, 9.17) is 9.47 Å². The number of nitrogens with zero attached hydrogens (tertiary/aromatic N) is 3. The van der Waals surface area contributed by atoms with Gasteiger partial charge in [-0.25, -0.2) is 0 Å². The van der Waals surface area contributed by atoms with Gasteiger partial charge < -0.3 is 14.0 Å². The highest BCUT2D eigenvalue weighted by Gasteiger charge is 2.11. The maximum absolute atomic E-state index is 5.52. The van der Waals surface area contributed by atoms with Gasteiger partial charge in [0.1, 0.15) is 5.75 Å². The molecule has 1 aromatic carbocycles. The molecule has 0 spiro atoms. The highest BCUT2D eigenvalue weighted by Crippen LogP contribution is 2.22. The Kier molecular flexibility index (Phi) is 5.20. The predicted molar refractivity (Wildman–Crippen MR) is 96.4 cm³/mol. The predicted octanol–water partition coefficient (Wildman–Crippen LogP) is 3.16. The van der Waals surface area contributed by atoms with Crippen molar-refractivity contribution in [1.29, 1.82) is 0 Å². The van der Waals surface area contributed by atoms with Gasteiger partial charge in [0.25, 0.3) is 0 Å². The summed E-state index contributed by atoms with van der Waals surface area (Å²) in [7, 11) is 0. The Hall–Kier alpha value is -2.27. The third-order valence-electron chi connectivity index (χ3n) is 4.22. The van der Waals surface area contributed by atoms with Gasteiger partial charge in [0, 0.05) is 22.6 Å². The Morgan fingerprint density at radius 1 is 1.17 bits per heavy atom. The minimum atomic E-state index is 0.684. The van der Waals surface area contributed by atoms with Gasteiger partial charge in [-0.1, -0.05) is 0 Å². The van der Waals surface area contributed by atoms with Crippen LogP contribution in [-0.4, -0.2) is 48.7 Å². The molecule has 5 nitrogen and oxygen atoms in total. The lowest BCUT2D eigenvalue weighted by atomic mass is 10.2. The second kappa shape index (κ2) is 7.53. The third-order valence-corrected chi connectivity index (χ3v) is 4.22. The van der Waals surface area contributed by atoms with Crippen molar-refractivity contribution in [3.63, 3.8) is 0 Å². The Morgan fingerprint density at radius 2 is 1.88 bits per heavy atom. The van der Waals surface area contributed by atoms with Crippen LogP contribution in [0.4, 0.5) is 0 Å². The molecule has 0 amide bonds. The van der Waals surface area contributed by atoms with Crippen LogP contribution in [0.3, 0.4) is 0 Å². The van der Waals surface area contributed by atoms with Crippen LogP contribution in [-0.2, 0) is 4.74 Å². The van der Waals surface area contributed by atoms with E-state index in [0.29, 0.717) is 6.61 Å². The van der Waals surface area contributed by atoms with Crippen molar-refractivity contribution >= 4 is 6.21 Å². The number of aromatic nitrogens is 1. The summed E-state index contributed by atoms with van der Waals surface area (Å²) >= 11 is 0. The summed E-state index contributed by atoms with van der Waals surface area (Å²) in [5.41, 5.74) is 4.67. The molecule has 0 aliphatic carbocycles. The van der Waals surface area contributed by atoms with Crippen LogP contribution in [0.25, 0.3) is 5.69 Å². The fraction of sp³-hybridized carbons (Fsp3) is 0.421. The monoisotopic (exact) mass is 327 g/mol. The molecule has 1 fully saturated rings. The second-order valence-corrected chi connectivity index (χ2v) is 5.90. The van der Waals surface area contributed by atoms with Gasteiger partial charge >= 0.3 is 0 Å².